The first kappa shape index (κ1) is 18.2. The zero-order chi connectivity index (χ0) is 18.4. The van der Waals surface area contributed by atoms with Crippen LogP contribution in [0.3, 0.4) is 0 Å². The Hall–Kier alpha value is -2.65. The Bertz CT molecular complexity index is 853. The van der Waals surface area contributed by atoms with Crippen LogP contribution in [0.5, 0.6) is 11.5 Å². The normalized spacial score (nSPS) is 10.6. The molecular weight excluding hydrogens is 400 g/mol. The average molecular weight is 419 g/mol. The molecule has 9 heteroatoms. The van der Waals surface area contributed by atoms with E-state index in [9.17, 15) is 0 Å². The maximum atomic E-state index is 5.86. The number of H-pyrrole nitrogens is 1. The summed E-state index contributed by atoms with van der Waals surface area (Å²) in [6.07, 6.45) is 4.00. The average Bonchev–Trinajstić information content (AvgIpc) is 3.11. The first-order valence-electron chi connectivity index (χ1n) is 8.01. The number of nitrogens with zero attached hydrogens (tertiary/aromatic N) is 3. The maximum absolute atomic E-state index is 5.86. The molecule has 0 amide bonds. The third-order valence-electron chi connectivity index (χ3n) is 3.54. The Morgan fingerprint density at radius 2 is 2.04 bits per heavy atom. The van der Waals surface area contributed by atoms with E-state index >= 15 is 0 Å². The van der Waals surface area contributed by atoms with Crippen LogP contribution in [0.15, 0.2) is 41.3 Å². The number of ether oxygens (including phenoxy) is 2. The van der Waals surface area contributed by atoms with Crippen molar-refractivity contribution in [3.8, 4) is 22.8 Å². The van der Waals surface area contributed by atoms with Crippen LogP contribution in [0, 0.1) is 0 Å². The number of aromatic nitrogens is 4. The number of rotatable bonds is 8. The lowest BCUT2D eigenvalue weighted by molar-refractivity contribution is 0.312. The SMILES string of the molecule is COc1cccc(OCCCN)c1-c1cc(Nc2cnc(Br)cn2)n[nH]1. The fourth-order valence-electron chi connectivity index (χ4n) is 2.35. The molecule has 0 saturated heterocycles. The predicted octanol–water partition coefficient (Wildman–Crippen LogP) is 3.11. The van der Waals surface area contributed by atoms with Gasteiger partial charge in [-0.1, -0.05) is 6.07 Å². The summed E-state index contributed by atoms with van der Waals surface area (Å²) < 4.78 is 12.0. The highest BCUT2D eigenvalue weighted by atomic mass is 79.9. The van der Waals surface area contributed by atoms with Crippen molar-refractivity contribution in [2.24, 2.45) is 5.73 Å². The summed E-state index contributed by atoms with van der Waals surface area (Å²) in [5.74, 6) is 2.59. The molecular formula is C17H19BrN6O2. The zero-order valence-electron chi connectivity index (χ0n) is 14.2. The Balaban J connectivity index is 1.86. The van der Waals surface area contributed by atoms with Crippen molar-refractivity contribution < 1.29 is 9.47 Å². The van der Waals surface area contributed by atoms with Crippen molar-refractivity contribution in [3.63, 3.8) is 0 Å². The summed E-state index contributed by atoms with van der Waals surface area (Å²) in [5, 5.41) is 10.4. The summed E-state index contributed by atoms with van der Waals surface area (Å²) in [4.78, 5) is 8.35. The molecule has 0 saturated carbocycles. The molecule has 0 radical (unpaired) electrons. The highest BCUT2D eigenvalue weighted by Gasteiger charge is 2.16. The van der Waals surface area contributed by atoms with Gasteiger partial charge in [0.15, 0.2) is 5.82 Å². The van der Waals surface area contributed by atoms with E-state index in [4.69, 9.17) is 15.2 Å². The molecule has 0 aliphatic rings. The number of hydrogen-bond acceptors (Lipinski definition) is 7. The van der Waals surface area contributed by atoms with Crippen molar-refractivity contribution in [1.29, 1.82) is 0 Å². The molecule has 26 heavy (non-hydrogen) atoms. The summed E-state index contributed by atoms with van der Waals surface area (Å²) >= 11 is 3.26. The molecule has 3 aromatic rings. The third kappa shape index (κ3) is 4.30. The van der Waals surface area contributed by atoms with Gasteiger partial charge in [-0.05, 0) is 41.0 Å². The molecule has 2 heterocycles. The van der Waals surface area contributed by atoms with Gasteiger partial charge in [-0.3, -0.25) is 5.10 Å². The lowest BCUT2D eigenvalue weighted by Gasteiger charge is -2.13. The smallest absolute Gasteiger partial charge is 0.153 e. The van der Waals surface area contributed by atoms with Crippen LogP contribution in [-0.2, 0) is 0 Å². The van der Waals surface area contributed by atoms with E-state index < -0.39 is 0 Å². The largest absolute Gasteiger partial charge is 0.496 e. The minimum atomic E-state index is 0.532. The second kappa shape index (κ2) is 8.63. The van der Waals surface area contributed by atoms with Crippen molar-refractivity contribution >= 4 is 27.6 Å². The van der Waals surface area contributed by atoms with E-state index in [1.54, 1.807) is 19.5 Å². The number of benzene rings is 1. The number of nitrogens with two attached hydrogens (primary N) is 1. The van der Waals surface area contributed by atoms with Crippen molar-refractivity contribution in [2.75, 3.05) is 25.6 Å². The minimum Gasteiger partial charge on any atom is -0.496 e. The molecule has 0 bridgehead atoms. The molecule has 0 aliphatic heterocycles. The van der Waals surface area contributed by atoms with Crippen molar-refractivity contribution in [3.05, 3.63) is 41.3 Å². The molecule has 8 nitrogen and oxygen atoms in total. The van der Waals surface area contributed by atoms with Gasteiger partial charge in [0.1, 0.15) is 21.9 Å². The van der Waals surface area contributed by atoms with Gasteiger partial charge in [0, 0.05) is 6.07 Å². The van der Waals surface area contributed by atoms with Crippen LogP contribution in [0.25, 0.3) is 11.3 Å². The van der Waals surface area contributed by atoms with Gasteiger partial charge in [-0.25, -0.2) is 9.97 Å². The number of nitrogens with one attached hydrogen (secondary N) is 2. The fraction of sp³-hybridized carbons (Fsp3) is 0.235. The summed E-state index contributed by atoms with van der Waals surface area (Å²) in [7, 11) is 1.62. The highest BCUT2D eigenvalue weighted by Crippen LogP contribution is 2.38. The topological polar surface area (TPSA) is 111 Å². The third-order valence-corrected chi connectivity index (χ3v) is 3.95. The fourth-order valence-corrected chi connectivity index (χ4v) is 2.56. The predicted molar refractivity (Wildman–Crippen MR) is 103 cm³/mol. The molecule has 0 atom stereocenters. The summed E-state index contributed by atoms with van der Waals surface area (Å²) in [5.41, 5.74) is 7.10. The van der Waals surface area contributed by atoms with E-state index in [2.05, 4.69) is 41.4 Å². The summed E-state index contributed by atoms with van der Waals surface area (Å²) in [6, 6.07) is 7.51. The van der Waals surface area contributed by atoms with Crippen molar-refractivity contribution in [1.82, 2.24) is 20.2 Å². The first-order chi connectivity index (χ1) is 12.7. The van der Waals surface area contributed by atoms with E-state index in [0.717, 1.165) is 17.7 Å². The standard InChI is InChI=1S/C17H19BrN6O2/c1-25-12-4-2-5-13(26-7-3-6-19)17(12)11-8-15(24-23-11)22-16-10-20-14(18)9-21-16/h2,4-5,8-10H,3,6-7,19H2,1H3,(H2,21,22,23,24). The molecule has 0 aliphatic carbocycles. The van der Waals surface area contributed by atoms with E-state index in [0.29, 0.717) is 40.9 Å². The molecule has 0 fully saturated rings. The van der Waals surface area contributed by atoms with Crippen LogP contribution in [-0.4, -0.2) is 40.4 Å². The van der Waals surface area contributed by atoms with Crippen LogP contribution in [0.2, 0.25) is 0 Å². The molecule has 4 N–H and O–H groups in total. The summed E-state index contributed by atoms with van der Waals surface area (Å²) in [6.45, 7) is 1.11. The number of halogens is 1. The van der Waals surface area contributed by atoms with Gasteiger partial charge < -0.3 is 20.5 Å². The molecule has 136 valence electrons. The molecule has 3 rings (SSSR count). The number of anilines is 2. The van der Waals surface area contributed by atoms with Crippen LogP contribution < -0.4 is 20.5 Å². The van der Waals surface area contributed by atoms with E-state index in [1.165, 1.54) is 0 Å². The van der Waals surface area contributed by atoms with Gasteiger partial charge in [-0.15, -0.1) is 0 Å². The first-order valence-corrected chi connectivity index (χ1v) is 8.80. The molecule has 0 spiro atoms. The second-order valence-corrected chi connectivity index (χ2v) is 6.15. The number of aromatic amines is 1. The van der Waals surface area contributed by atoms with Crippen molar-refractivity contribution in [2.45, 2.75) is 6.42 Å². The van der Waals surface area contributed by atoms with Gasteiger partial charge in [0.2, 0.25) is 0 Å². The quantitative estimate of drug-likeness (QED) is 0.481. The van der Waals surface area contributed by atoms with Gasteiger partial charge in [0.25, 0.3) is 0 Å². The highest BCUT2D eigenvalue weighted by molar-refractivity contribution is 9.10. The molecule has 1 aromatic carbocycles. The molecule has 2 aromatic heterocycles. The van der Waals surface area contributed by atoms with Gasteiger partial charge in [-0.2, -0.15) is 5.10 Å². The Labute approximate surface area is 159 Å². The van der Waals surface area contributed by atoms with Crippen LogP contribution in [0.1, 0.15) is 6.42 Å². The van der Waals surface area contributed by atoms with Gasteiger partial charge >= 0.3 is 0 Å². The van der Waals surface area contributed by atoms with Crippen LogP contribution >= 0.6 is 15.9 Å². The van der Waals surface area contributed by atoms with Crippen LogP contribution in [0.4, 0.5) is 11.6 Å². The lowest BCUT2D eigenvalue weighted by Crippen LogP contribution is -2.07. The maximum Gasteiger partial charge on any atom is 0.153 e. The van der Waals surface area contributed by atoms with E-state index in [-0.39, 0.29) is 0 Å². The number of methoxy groups -OCH3 is 1. The Kier molecular flexibility index (Phi) is 6.03. The number of hydrogen-bond donors (Lipinski definition) is 3. The molecule has 0 unspecified atom stereocenters. The minimum absolute atomic E-state index is 0.532. The second-order valence-electron chi connectivity index (χ2n) is 5.34. The monoisotopic (exact) mass is 418 g/mol. The van der Waals surface area contributed by atoms with Gasteiger partial charge in [0.05, 0.1) is 37.4 Å². The lowest BCUT2D eigenvalue weighted by atomic mass is 10.1. The Morgan fingerprint density at radius 1 is 1.19 bits per heavy atom. The Morgan fingerprint density at radius 3 is 2.77 bits per heavy atom. The zero-order valence-corrected chi connectivity index (χ0v) is 15.8. The van der Waals surface area contributed by atoms with E-state index in [1.807, 2.05) is 24.3 Å².